The minimum absolute atomic E-state index is 0.0218. The van der Waals surface area contributed by atoms with E-state index in [0.29, 0.717) is 22.3 Å². The zero-order chi connectivity index (χ0) is 20.1. The molecule has 0 atom stereocenters. The monoisotopic (exact) mass is 438 g/mol. The van der Waals surface area contributed by atoms with Crippen molar-refractivity contribution in [3.05, 3.63) is 49.1 Å². The zero-order valence-electron chi connectivity index (χ0n) is 15.5. The highest BCUT2D eigenvalue weighted by Gasteiger charge is 2.25. The van der Waals surface area contributed by atoms with E-state index >= 15 is 0 Å². The molecule has 0 fully saturated rings. The van der Waals surface area contributed by atoms with Crippen LogP contribution in [-0.2, 0) is 6.54 Å². The van der Waals surface area contributed by atoms with Gasteiger partial charge in [0.1, 0.15) is 11.6 Å². The number of nitrogen functional groups attached to an aromatic ring is 1. The SMILES string of the molecule is CCCCn1c(N)c(N(CC)C(=O)c2cc(OC)ccc2Br)c(=O)[nH]c1=O. The Balaban J connectivity index is 2.59. The summed E-state index contributed by atoms with van der Waals surface area (Å²) in [6.07, 6.45) is 1.57. The summed E-state index contributed by atoms with van der Waals surface area (Å²) in [5.74, 6) is 0.0555. The number of unbranched alkanes of at least 4 members (excludes halogenated alkanes) is 1. The van der Waals surface area contributed by atoms with E-state index in [1.807, 2.05) is 6.92 Å². The highest BCUT2D eigenvalue weighted by atomic mass is 79.9. The number of ether oxygens (including phenoxy) is 1. The average molecular weight is 439 g/mol. The molecule has 1 aromatic heterocycles. The molecule has 0 bridgehead atoms. The van der Waals surface area contributed by atoms with Gasteiger partial charge in [0.25, 0.3) is 11.5 Å². The molecule has 0 spiro atoms. The van der Waals surface area contributed by atoms with E-state index in [0.717, 1.165) is 12.8 Å². The summed E-state index contributed by atoms with van der Waals surface area (Å²) >= 11 is 3.35. The van der Waals surface area contributed by atoms with Gasteiger partial charge in [-0.1, -0.05) is 13.3 Å². The average Bonchev–Trinajstić information content (AvgIpc) is 2.64. The van der Waals surface area contributed by atoms with Crippen molar-refractivity contribution in [3.63, 3.8) is 0 Å². The molecule has 27 heavy (non-hydrogen) atoms. The molecule has 1 heterocycles. The van der Waals surface area contributed by atoms with E-state index in [-0.39, 0.29) is 18.1 Å². The minimum Gasteiger partial charge on any atom is -0.497 e. The van der Waals surface area contributed by atoms with Gasteiger partial charge < -0.3 is 15.4 Å². The van der Waals surface area contributed by atoms with Crippen LogP contribution in [0.2, 0.25) is 0 Å². The number of carbonyl (C=O) groups excluding carboxylic acids is 1. The third-order valence-corrected chi connectivity index (χ3v) is 4.88. The molecule has 0 aliphatic carbocycles. The predicted molar refractivity (Wildman–Crippen MR) is 109 cm³/mol. The number of rotatable bonds is 7. The zero-order valence-corrected chi connectivity index (χ0v) is 17.1. The summed E-state index contributed by atoms with van der Waals surface area (Å²) in [4.78, 5) is 41.2. The molecule has 1 aromatic carbocycles. The number of carbonyl (C=O) groups is 1. The quantitative estimate of drug-likeness (QED) is 0.688. The van der Waals surface area contributed by atoms with Crippen molar-refractivity contribution >= 4 is 33.3 Å². The van der Waals surface area contributed by atoms with Crippen LogP contribution in [-0.4, -0.2) is 29.1 Å². The van der Waals surface area contributed by atoms with E-state index in [1.165, 1.54) is 16.6 Å². The van der Waals surface area contributed by atoms with Crippen molar-refractivity contribution in [1.29, 1.82) is 0 Å². The van der Waals surface area contributed by atoms with Gasteiger partial charge in [-0.2, -0.15) is 0 Å². The molecule has 0 saturated heterocycles. The van der Waals surface area contributed by atoms with Gasteiger partial charge in [0, 0.05) is 17.6 Å². The Morgan fingerprint density at radius 2 is 2.04 bits per heavy atom. The summed E-state index contributed by atoms with van der Waals surface area (Å²) in [6, 6.07) is 4.98. The molecule has 146 valence electrons. The molecule has 1 amide bonds. The van der Waals surface area contributed by atoms with E-state index in [4.69, 9.17) is 10.5 Å². The maximum Gasteiger partial charge on any atom is 0.330 e. The van der Waals surface area contributed by atoms with Crippen molar-refractivity contribution in [2.45, 2.75) is 33.2 Å². The van der Waals surface area contributed by atoms with Crippen LogP contribution in [0.5, 0.6) is 5.75 Å². The third-order valence-electron chi connectivity index (χ3n) is 4.18. The van der Waals surface area contributed by atoms with Crippen LogP contribution in [0.15, 0.2) is 32.3 Å². The second-order valence-corrected chi connectivity index (χ2v) is 6.75. The molecule has 0 aliphatic rings. The standard InChI is InChI=1S/C18H23BrN4O4/c1-4-6-9-23-15(20)14(16(24)21-18(23)26)22(5-2)17(25)12-10-11(27-3)7-8-13(12)19/h7-8,10H,4-6,9,20H2,1-3H3,(H,21,24,26). The molecule has 2 rings (SSSR count). The summed E-state index contributed by atoms with van der Waals surface area (Å²) in [6.45, 7) is 4.27. The minimum atomic E-state index is -0.695. The molecule has 8 nitrogen and oxygen atoms in total. The number of methoxy groups -OCH3 is 1. The van der Waals surface area contributed by atoms with Crippen LogP contribution in [0, 0.1) is 0 Å². The van der Waals surface area contributed by atoms with Crippen LogP contribution in [0.1, 0.15) is 37.0 Å². The fourth-order valence-electron chi connectivity index (χ4n) is 2.72. The second-order valence-electron chi connectivity index (χ2n) is 5.89. The van der Waals surface area contributed by atoms with Gasteiger partial charge >= 0.3 is 5.69 Å². The number of nitrogens with zero attached hydrogens (tertiary/aromatic N) is 2. The van der Waals surface area contributed by atoms with Gasteiger partial charge in [0.05, 0.1) is 12.7 Å². The summed E-state index contributed by atoms with van der Waals surface area (Å²) in [5.41, 5.74) is 5.13. The number of anilines is 2. The highest BCUT2D eigenvalue weighted by molar-refractivity contribution is 9.10. The molecule has 3 N–H and O–H groups in total. The number of aromatic amines is 1. The molecule has 2 aromatic rings. The number of hydrogen-bond donors (Lipinski definition) is 2. The summed E-state index contributed by atoms with van der Waals surface area (Å²) in [7, 11) is 1.50. The Hall–Kier alpha value is -2.55. The molecule has 9 heteroatoms. The van der Waals surface area contributed by atoms with Crippen LogP contribution in [0.3, 0.4) is 0 Å². The van der Waals surface area contributed by atoms with Gasteiger partial charge in [-0.25, -0.2) is 4.79 Å². The maximum absolute atomic E-state index is 13.1. The number of H-pyrrole nitrogens is 1. The van der Waals surface area contributed by atoms with E-state index in [2.05, 4.69) is 20.9 Å². The second kappa shape index (κ2) is 8.90. The third kappa shape index (κ3) is 4.24. The van der Waals surface area contributed by atoms with Crippen LogP contribution >= 0.6 is 15.9 Å². The summed E-state index contributed by atoms with van der Waals surface area (Å²) in [5, 5.41) is 0. The Morgan fingerprint density at radius 3 is 2.63 bits per heavy atom. The molecule has 0 aliphatic heterocycles. The number of hydrogen-bond acceptors (Lipinski definition) is 5. The van der Waals surface area contributed by atoms with Gasteiger partial charge in [0.15, 0.2) is 5.69 Å². The fourth-order valence-corrected chi connectivity index (χ4v) is 3.14. The first-order valence-electron chi connectivity index (χ1n) is 8.63. The topological polar surface area (TPSA) is 110 Å². The van der Waals surface area contributed by atoms with E-state index in [9.17, 15) is 14.4 Å². The lowest BCUT2D eigenvalue weighted by Gasteiger charge is -2.23. The van der Waals surface area contributed by atoms with E-state index < -0.39 is 17.2 Å². The van der Waals surface area contributed by atoms with Crippen molar-refractivity contribution in [2.75, 3.05) is 24.3 Å². The maximum atomic E-state index is 13.1. The normalized spacial score (nSPS) is 10.7. The number of halogens is 1. The number of nitrogens with one attached hydrogen (secondary N) is 1. The van der Waals surface area contributed by atoms with Crippen LogP contribution in [0.25, 0.3) is 0 Å². The Labute approximate surface area is 165 Å². The van der Waals surface area contributed by atoms with Gasteiger partial charge in [0.2, 0.25) is 0 Å². The number of aromatic nitrogens is 2. The number of amides is 1. The molecule has 0 saturated carbocycles. The first-order valence-corrected chi connectivity index (χ1v) is 9.42. The van der Waals surface area contributed by atoms with Crippen molar-refractivity contribution in [2.24, 2.45) is 0 Å². The van der Waals surface area contributed by atoms with Crippen LogP contribution < -0.4 is 26.6 Å². The highest BCUT2D eigenvalue weighted by Crippen LogP contribution is 2.26. The lowest BCUT2D eigenvalue weighted by Crippen LogP contribution is -2.41. The molecule has 0 unspecified atom stereocenters. The van der Waals surface area contributed by atoms with Gasteiger partial charge in [-0.15, -0.1) is 0 Å². The lowest BCUT2D eigenvalue weighted by atomic mass is 10.1. The Kier molecular flexibility index (Phi) is 6.84. The van der Waals surface area contributed by atoms with Gasteiger partial charge in [-0.3, -0.25) is 19.1 Å². The fraction of sp³-hybridized carbons (Fsp3) is 0.389. The van der Waals surface area contributed by atoms with Crippen molar-refractivity contribution < 1.29 is 9.53 Å². The Bertz CT molecular complexity index is 951. The molecular weight excluding hydrogens is 416 g/mol. The van der Waals surface area contributed by atoms with E-state index in [1.54, 1.807) is 25.1 Å². The summed E-state index contributed by atoms with van der Waals surface area (Å²) < 4.78 is 7.02. The van der Waals surface area contributed by atoms with Crippen LogP contribution in [0.4, 0.5) is 11.5 Å². The number of benzene rings is 1. The van der Waals surface area contributed by atoms with Crippen molar-refractivity contribution in [3.8, 4) is 5.75 Å². The first kappa shape index (κ1) is 20.8. The Morgan fingerprint density at radius 1 is 1.33 bits per heavy atom. The largest absolute Gasteiger partial charge is 0.497 e. The smallest absolute Gasteiger partial charge is 0.330 e. The number of nitrogens with two attached hydrogens (primary N) is 1. The predicted octanol–water partition coefficient (Wildman–Crippen LogP) is 2.36. The van der Waals surface area contributed by atoms with Gasteiger partial charge in [-0.05, 0) is 47.5 Å². The molecule has 0 radical (unpaired) electrons. The first-order chi connectivity index (χ1) is 12.8. The lowest BCUT2D eigenvalue weighted by molar-refractivity contribution is 0.0987. The molecular formula is C18H23BrN4O4. The van der Waals surface area contributed by atoms with Crippen molar-refractivity contribution in [1.82, 2.24) is 9.55 Å².